The van der Waals surface area contributed by atoms with Crippen molar-refractivity contribution in [2.45, 2.75) is 12.3 Å². The van der Waals surface area contributed by atoms with Gasteiger partial charge in [-0.2, -0.15) is 4.98 Å². The number of carbonyl (C=O) groups is 1. The van der Waals surface area contributed by atoms with E-state index in [1.54, 1.807) is 17.0 Å². The Morgan fingerprint density at radius 3 is 2.60 bits per heavy atom. The molecule has 0 aliphatic carbocycles. The Balaban J connectivity index is 1.38. The molecule has 4 rings (SSSR count). The highest BCUT2D eigenvalue weighted by atomic mass is 35.5. The summed E-state index contributed by atoms with van der Waals surface area (Å²) in [6, 6.07) is 17.1. The van der Waals surface area contributed by atoms with E-state index in [0.717, 1.165) is 5.56 Å². The van der Waals surface area contributed by atoms with Crippen molar-refractivity contribution in [3.05, 3.63) is 82.5 Å². The molecule has 1 aromatic heterocycles. The molecule has 5 nitrogen and oxygen atoms in total. The van der Waals surface area contributed by atoms with Crippen LogP contribution in [0.25, 0.3) is 0 Å². The van der Waals surface area contributed by atoms with Crippen LogP contribution in [0.15, 0.2) is 59.1 Å². The molecule has 0 saturated carbocycles. The lowest BCUT2D eigenvalue weighted by Gasteiger charge is -2.37. The third-order valence-corrected chi connectivity index (χ3v) is 4.64. The molecule has 2 aromatic carbocycles. The first-order chi connectivity index (χ1) is 12.2. The number of halogens is 1. The van der Waals surface area contributed by atoms with Gasteiger partial charge in [0.2, 0.25) is 5.89 Å². The molecule has 1 aliphatic rings. The Bertz CT molecular complexity index is 888. The molecule has 6 heteroatoms. The van der Waals surface area contributed by atoms with E-state index in [0.29, 0.717) is 41.8 Å². The summed E-state index contributed by atoms with van der Waals surface area (Å²) in [7, 11) is 0. The van der Waals surface area contributed by atoms with Gasteiger partial charge in [0.05, 0.1) is 16.5 Å². The lowest BCUT2D eigenvalue weighted by atomic mass is 9.98. The molecule has 0 radical (unpaired) electrons. The quantitative estimate of drug-likeness (QED) is 0.719. The van der Waals surface area contributed by atoms with Gasteiger partial charge in [0.1, 0.15) is 0 Å². The molecule has 2 heterocycles. The number of likely N-dealkylation sites (tertiary alicyclic amines) is 1. The maximum atomic E-state index is 12.4. The summed E-state index contributed by atoms with van der Waals surface area (Å²) >= 11 is 6.09. The molecule has 1 fully saturated rings. The highest BCUT2D eigenvalue weighted by Crippen LogP contribution is 2.29. The Labute approximate surface area is 150 Å². The fraction of sp³-hybridized carbons (Fsp3) is 0.211. The molecular weight excluding hydrogens is 338 g/mol. The number of carbonyl (C=O) groups excluding carboxylic acids is 1. The minimum Gasteiger partial charge on any atom is -0.339 e. The molecule has 25 heavy (non-hydrogen) atoms. The summed E-state index contributed by atoms with van der Waals surface area (Å²) in [5, 5.41) is 4.52. The van der Waals surface area contributed by atoms with E-state index >= 15 is 0 Å². The summed E-state index contributed by atoms with van der Waals surface area (Å²) in [4.78, 5) is 18.7. The van der Waals surface area contributed by atoms with Crippen LogP contribution in [0.5, 0.6) is 0 Å². The van der Waals surface area contributed by atoms with Gasteiger partial charge < -0.3 is 9.42 Å². The van der Waals surface area contributed by atoms with Crippen molar-refractivity contribution in [2.24, 2.45) is 0 Å². The van der Waals surface area contributed by atoms with Crippen molar-refractivity contribution in [2.75, 3.05) is 13.1 Å². The molecule has 1 aliphatic heterocycles. The number of aromatic nitrogens is 2. The van der Waals surface area contributed by atoms with Crippen LogP contribution in [0.3, 0.4) is 0 Å². The van der Waals surface area contributed by atoms with Crippen LogP contribution in [0.4, 0.5) is 0 Å². The number of nitrogens with zero attached hydrogens (tertiary/aromatic N) is 3. The predicted molar refractivity (Wildman–Crippen MR) is 93.6 cm³/mol. The minimum absolute atomic E-state index is 0.0640. The molecule has 126 valence electrons. The Morgan fingerprint density at radius 2 is 1.84 bits per heavy atom. The van der Waals surface area contributed by atoms with Crippen LogP contribution in [0, 0.1) is 0 Å². The van der Waals surface area contributed by atoms with Gasteiger partial charge in [-0.15, -0.1) is 0 Å². The summed E-state index contributed by atoms with van der Waals surface area (Å²) in [5.74, 6) is 1.28. The van der Waals surface area contributed by atoms with Crippen molar-refractivity contribution >= 4 is 17.5 Å². The SMILES string of the molecule is O=C(c1ccccc1Cl)N1CC(c2nc(Cc3ccccc3)no2)C1. The molecule has 0 spiro atoms. The van der Waals surface area contributed by atoms with E-state index in [-0.39, 0.29) is 11.8 Å². The normalized spacial score (nSPS) is 14.4. The van der Waals surface area contributed by atoms with Crippen molar-refractivity contribution in [3.8, 4) is 0 Å². The Hall–Kier alpha value is -2.66. The number of amides is 1. The first-order valence-electron chi connectivity index (χ1n) is 8.11. The zero-order chi connectivity index (χ0) is 17.2. The maximum absolute atomic E-state index is 12.4. The highest BCUT2D eigenvalue weighted by molar-refractivity contribution is 6.33. The van der Waals surface area contributed by atoms with E-state index in [9.17, 15) is 4.79 Å². The zero-order valence-electron chi connectivity index (χ0n) is 13.4. The summed E-state index contributed by atoms with van der Waals surface area (Å²) in [6.07, 6.45) is 0.638. The second-order valence-electron chi connectivity index (χ2n) is 6.10. The van der Waals surface area contributed by atoms with Crippen LogP contribution in [-0.2, 0) is 6.42 Å². The fourth-order valence-corrected chi connectivity index (χ4v) is 3.11. The van der Waals surface area contributed by atoms with Gasteiger partial charge in [-0.25, -0.2) is 0 Å². The van der Waals surface area contributed by atoms with Gasteiger partial charge in [-0.1, -0.05) is 59.2 Å². The topological polar surface area (TPSA) is 59.2 Å². The van der Waals surface area contributed by atoms with E-state index in [2.05, 4.69) is 10.1 Å². The smallest absolute Gasteiger partial charge is 0.255 e. The van der Waals surface area contributed by atoms with Gasteiger partial charge in [-0.3, -0.25) is 4.79 Å². The lowest BCUT2D eigenvalue weighted by molar-refractivity contribution is 0.0569. The molecule has 1 saturated heterocycles. The first kappa shape index (κ1) is 15.8. The zero-order valence-corrected chi connectivity index (χ0v) is 14.2. The Morgan fingerprint density at radius 1 is 1.12 bits per heavy atom. The third kappa shape index (κ3) is 3.28. The summed E-state index contributed by atoms with van der Waals surface area (Å²) in [5.41, 5.74) is 1.66. The second-order valence-corrected chi connectivity index (χ2v) is 6.51. The number of hydrogen-bond donors (Lipinski definition) is 0. The van der Waals surface area contributed by atoms with Crippen LogP contribution in [0.1, 0.15) is 33.6 Å². The molecular formula is C19H16ClN3O2. The number of benzene rings is 2. The molecule has 0 N–H and O–H groups in total. The molecule has 0 atom stereocenters. The third-order valence-electron chi connectivity index (χ3n) is 4.31. The van der Waals surface area contributed by atoms with E-state index < -0.39 is 0 Å². The second kappa shape index (κ2) is 6.69. The van der Waals surface area contributed by atoms with Crippen LogP contribution >= 0.6 is 11.6 Å². The van der Waals surface area contributed by atoms with E-state index in [1.165, 1.54) is 0 Å². The molecule has 1 amide bonds. The van der Waals surface area contributed by atoms with Crippen molar-refractivity contribution in [1.82, 2.24) is 15.0 Å². The maximum Gasteiger partial charge on any atom is 0.255 e. The largest absolute Gasteiger partial charge is 0.339 e. The highest BCUT2D eigenvalue weighted by Gasteiger charge is 2.36. The minimum atomic E-state index is -0.0640. The molecule has 3 aromatic rings. The van der Waals surface area contributed by atoms with Crippen molar-refractivity contribution < 1.29 is 9.32 Å². The Kier molecular flexibility index (Phi) is 4.24. The average Bonchev–Trinajstić information content (AvgIpc) is 3.03. The summed E-state index contributed by atoms with van der Waals surface area (Å²) in [6.45, 7) is 1.13. The van der Waals surface area contributed by atoms with Gasteiger partial charge in [-0.05, 0) is 17.7 Å². The van der Waals surface area contributed by atoms with Gasteiger partial charge in [0, 0.05) is 19.5 Å². The molecule has 0 bridgehead atoms. The van der Waals surface area contributed by atoms with Gasteiger partial charge in [0.15, 0.2) is 5.82 Å². The predicted octanol–water partition coefficient (Wildman–Crippen LogP) is 3.55. The van der Waals surface area contributed by atoms with Crippen molar-refractivity contribution in [1.29, 1.82) is 0 Å². The van der Waals surface area contributed by atoms with Crippen LogP contribution in [-0.4, -0.2) is 34.0 Å². The van der Waals surface area contributed by atoms with E-state index in [4.69, 9.17) is 16.1 Å². The number of rotatable bonds is 4. The average molecular weight is 354 g/mol. The fourth-order valence-electron chi connectivity index (χ4n) is 2.89. The first-order valence-corrected chi connectivity index (χ1v) is 8.48. The monoisotopic (exact) mass is 353 g/mol. The van der Waals surface area contributed by atoms with Crippen molar-refractivity contribution in [3.63, 3.8) is 0 Å². The van der Waals surface area contributed by atoms with Gasteiger partial charge >= 0.3 is 0 Å². The number of hydrogen-bond acceptors (Lipinski definition) is 4. The van der Waals surface area contributed by atoms with E-state index in [1.807, 2.05) is 42.5 Å². The van der Waals surface area contributed by atoms with Gasteiger partial charge in [0.25, 0.3) is 5.91 Å². The summed E-state index contributed by atoms with van der Waals surface area (Å²) < 4.78 is 5.37. The van der Waals surface area contributed by atoms with Crippen LogP contribution in [0.2, 0.25) is 5.02 Å². The standard InChI is InChI=1S/C19H16ClN3O2/c20-16-9-5-4-8-15(16)19(24)23-11-14(12-23)18-21-17(22-25-18)10-13-6-2-1-3-7-13/h1-9,14H,10-12H2. The van der Waals surface area contributed by atoms with Crippen LogP contribution < -0.4 is 0 Å². The molecule has 0 unspecified atom stereocenters. The lowest BCUT2D eigenvalue weighted by Crippen LogP contribution is -2.48.